The average molecular weight is 391 g/mol. The molecule has 0 aliphatic carbocycles. The topological polar surface area (TPSA) is 12.0 Å². The number of benzene rings is 2. The third kappa shape index (κ3) is 4.43. The molecule has 1 atom stereocenters. The van der Waals surface area contributed by atoms with E-state index in [0.717, 1.165) is 16.6 Å². The Balaban J connectivity index is 2.32. The minimum atomic E-state index is -0.295. The Labute approximate surface area is 142 Å². The zero-order chi connectivity index (χ0) is 15.4. The van der Waals surface area contributed by atoms with E-state index in [4.69, 9.17) is 23.2 Å². The second-order valence-corrected chi connectivity index (χ2v) is 6.48. The van der Waals surface area contributed by atoms with Crippen LogP contribution in [0.1, 0.15) is 24.1 Å². The van der Waals surface area contributed by atoms with E-state index in [1.807, 2.05) is 25.1 Å². The number of hydrogen-bond acceptors (Lipinski definition) is 1. The summed E-state index contributed by atoms with van der Waals surface area (Å²) in [7, 11) is 0. The van der Waals surface area contributed by atoms with Gasteiger partial charge in [0.2, 0.25) is 0 Å². The smallest absolute Gasteiger partial charge is 0.127 e. The first kappa shape index (κ1) is 16.8. The largest absolute Gasteiger partial charge is 0.310 e. The summed E-state index contributed by atoms with van der Waals surface area (Å²) in [6.07, 6.45) is 0.507. The molecule has 2 rings (SSSR count). The van der Waals surface area contributed by atoms with E-state index >= 15 is 0 Å². The fourth-order valence-corrected chi connectivity index (χ4v) is 3.01. The molecule has 0 heterocycles. The van der Waals surface area contributed by atoms with Crippen molar-refractivity contribution in [2.45, 2.75) is 19.4 Å². The lowest BCUT2D eigenvalue weighted by Gasteiger charge is -2.20. The second-order valence-electron chi connectivity index (χ2n) is 4.72. The molecule has 0 fully saturated rings. The summed E-state index contributed by atoms with van der Waals surface area (Å²) in [6.45, 7) is 2.78. The summed E-state index contributed by atoms with van der Waals surface area (Å²) in [4.78, 5) is 0. The van der Waals surface area contributed by atoms with Gasteiger partial charge in [-0.2, -0.15) is 0 Å². The van der Waals surface area contributed by atoms with Gasteiger partial charge in [-0.1, -0.05) is 52.1 Å². The number of hydrogen-bond donors (Lipinski definition) is 1. The highest BCUT2D eigenvalue weighted by atomic mass is 79.9. The van der Waals surface area contributed by atoms with Crippen molar-refractivity contribution < 1.29 is 4.39 Å². The van der Waals surface area contributed by atoms with Crippen LogP contribution in [0.5, 0.6) is 0 Å². The molecular formula is C16H15BrCl2FN. The van der Waals surface area contributed by atoms with Gasteiger partial charge in [-0.3, -0.25) is 0 Å². The van der Waals surface area contributed by atoms with Crippen LogP contribution >= 0.6 is 39.1 Å². The summed E-state index contributed by atoms with van der Waals surface area (Å²) >= 11 is 15.5. The van der Waals surface area contributed by atoms with Crippen LogP contribution in [0, 0.1) is 5.82 Å². The number of nitrogens with one attached hydrogen (secondary N) is 1. The molecule has 0 aromatic heterocycles. The van der Waals surface area contributed by atoms with E-state index in [2.05, 4.69) is 21.2 Å². The summed E-state index contributed by atoms with van der Waals surface area (Å²) < 4.78 is 14.9. The molecule has 0 radical (unpaired) electrons. The first-order chi connectivity index (χ1) is 10.0. The molecule has 0 saturated carbocycles. The van der Waals surface area contributed by atoms with Crippen molar-refractivity contribution in [3.05, 3.63) is 67.9 Å². The lowest BCUT2D eigenvalue weighted by molar-refractivity contribution is 0.528. The van der Waals surface area contributed by atoms with Crippen molar-refractivity contribution in [1.82, 2.24) is 5.32 Å². The Kier molecular flexibility index (Phi) is 6.06. The van der Waals surface area contributed by atoms with Crippen LogP contribution in [0.3, 0.4) is 0 Å². The molecule has 21 heavy (non-hydrogen) atoms. The molecule has 1 nitrogen and oxygen atoms in total. The second kappa shape index (κ2) is 7.59. The maximum absolute atomic E-state index is 14.0. The van der Waals surface area contributed by atoms with Crippen molar-refractivity contribution in [3.63, 3.8) is 0 Å². The first-order valence-corrected chi connectivity index (χ1v) is 8.18. The predicted octanol–water partition coefficient (Wildman–Crippen LogP) is 5.79. The third-order valence-corrected chi connectivity index (χ3v) is 4.30. The normalized spacial score (nSPS) is 12.4. The summed E-state index contributed by atoms with van der Waals surface area (Å²) in [6, 6.07) is 10.4. The quantitative estimate of drug-likeness (QED) is 0.681. The molecule has 0 amide bonds. The third-order valence-electron chi connectivity index (χ3n) is 3.22. The van der Waals surface area contributed by atoms with Gasteiger partial charge in [0.25, 0.3) is 0 Å². The highest BCUT2D eigenvalue weighted by Crippen LogP contribution is 2.29. The van der Waals surface area contributed by atoms with Crippen LogP contribution in [0.2, 0.25) is 10.0 Å². The van der Waals surface area contributed by atoms with Crippen LogP contribution in [-0.2, 0) is 6.42 Å². The SMILES string of the molecule is CCNC(Cc1ccc(Cl)cc1F)c1cc(Br)ccc1Cl. The van der Waals surface area contributed by atoms with Gasteiger partial charge in [0.1, 0.15) is 5.82 Å². The molecule has 5 heteroatoms. The minimum absolute atomic E-state index is 0.0596. The maximum Gasteiger partial charge on any atom is 0.127 e. The molecule has 0 spiro atoms. The zero-order valence-electron chi connectivity index (χ0n) is 11.5. The fraction of sp³-hybridized carbons (Fsp3) is 0.250. The molecule has 2 aromatic carbocycles. The van der Waals surface area contributed by atoms with Gasteiger partial charge >= 0.3 is 0 Å². The lowest BCUT2D eigenvalue weighted by atomic mass is 9.98. The van der Waals surface area contributed by atoms with E-state index in [1.165, 1.54) is 6.07 Å². The Morgan fingerprint density at radius 1 is 1.19 bits per heavy atom. The van der Waals surface area contributed by atoms with E-state index in [0.29, 0.717) is 22.0 Å². The Morgan fingerprint density at radius 2 is 1.95 bits per heavy atom. The van der Waals surface area contributed by atoms with Crippen molar-refractivity contribution in [1.29, 1.82) is 0 Å². The monoisotopic (exact) mass is 389 g/mol. The number of likely N-dealkylation sites (N-methyl/N-ethyl adjacent to an activating group) is 1. The number of rotatable bonds is 5. The van der Waals surface area contributed by atoms with Gasteiger partial charge in [0.05, 0.1) is 0 Å². The molecule has 0 aliphatic rings. The van der Waals surface area contributed by atoms with Gasteiger partial charge in [-0.05, 0) is 54.4 Å². The van der Waals surface area contributed by atoms with Crippen molar-refractivity contribution in [2.75, 3.05) is 6.54 Å². The van der Waals surface area contributed by atoms with E-state index in [-0.39, 0.29) is 11.9 Å². The fourth-order valence-electron chi connectivity index (χ4n) is 2.23. The standard InChI is InChI=1S/C16H15BrCl2FN/c1-2-21-16(13-8-11(17)4-6-14(13)19)7-10-3-5-12(18)9-15(10)20/h3-6,8-9,16,21H,2,7H2,1H3. The summed E-state index contributed by atoms with van der Waals surface area (Å²) in [5, 5.41) is 4.42. The van der Waals surface area contributed by atoms with Gasteiger partial charge in [-0.25, -0.2) is 4.39 Å². The Hall–Kier alpha value is -0.610. The number of halogens is 4. The van der Waals surface area contributed by atoms with Crippen molar-refractivity contribution >= 4 is 39.1 Å². The molecule has 1 unspecified atom stereocenters. The van der Waals surface area contributed by atoms with Crippen molar-refractivity contribution in [3.8, 4) is 0 Å². The molecule has 0 aliphatic heterocycles. The maximum atomic E-state index is 14.0. The molecule has 1 N–H and O–H groups in total. The zero-order valence-corrected chi connectivity index (χ0v) is 14.6. The van der Waals surface area contributed by atoms with Crippen LogP contribution in [0.4, 0.5) is 4.39 Å². The van der Waals surface area contributed by atoms with E-state index in [1.54, 1.807) is 12.1 Å². The van der Waals surface area contributed by atoms with E-state index in [9.17, 15) is 4.39 Å². The van der Waals surface area contributed by atoms with Gasteiger partial charge in [-0.15, -0.1) is 0 Å². The van der Waals surface area contributed by atoms with E-state index < -0.39 is 0 Å². The van der Waals surface area contributed by atoms with Gasteiger partial charge in [0, 0.05) is 20.6 Å². The summed E-state index contributed by atoms with van der Waals surface area (Å²) in [5.74, 6) is -0.295. The minimum Gasteiger partial charge on any atom is -0.310 e. The van der Waals surface area contributed by atoms with Crippen LogP contribution in [0.15, 0.2) is 40.9 Å². The first-order valence-electron chi connectivity index (χ1n) is 6.63. The van der Waals surface area contributed by atoms with Crippen LogP contribution < -0.4 is 5.32 Å². The van der Waals surface area contributed by atoms with Gasteiger partial charge in [0.15, 0.2) is 0 Å². The highest BCUT2D eigenvalue weighted by molar-refractivity contribution is 9.10. The molecule has 0 saturated heterocycles. The van der Waals surface area contributed by atoms with Gasteiger partial charge < -0.3 is 5.32 Å². The molecular weight excluding hydrogens is 376 g/mol. The average Bonchev–Trinajstić information content (AvgIpc) is 2.44. The Bertz CT molecular complexity index is 634. The lowest BCUT2D eigenvalue weighted by Crippen LogP contribution is -2.23. The molecule has 0 bridgehead atoms. The van der Waals surface area contributed by atoms with Crippen LogP contribution in [0.25, 0.3) is 0 Å². The highest BCUT2D eigenvalue weighted by Gasteiger charge is 2.17. The molecule has 2 aromatic rings. The summed E-state index contributed by atoms with van der Waals surface area (Å²) in [5.41, 5.74) is 1.56. The molecule has 112 valence electrons. The van der Waals surface area contributed by atoms with Crippen molar-refractivity contribution in [2.24, 2.45) is 0 Å². The predicted molar refractivity (Wildman–Crippen MR) is 90.7 cm³/mol. The van der Waals surface area contributed by atoms with Crippen LogP contribution in [-0.4, -0.2) is 6.54 Å². The Morgan fingerprint density at radius 3 is 2.62 bits per heavy atom.